The second-order valence-electron chi connectivity index (χ2n) is 5.12. The van der Waals surface area contributed by atoms with Gasteiger partial charge in [0.25, 0.3) is 5.91 Å². The van der Waals surface area contributed by atoms with Gasteiger partial charge < -0.3 is 15.4 Å². The van der Waals surface area contributed by atoms with Crippen molar-refractivity contribution in [1.82, 2.24) is 9.55 Å². The van der Waals surface area contributed by atoms with Crippen molar-refractivity contribution in [2.24, 2.45) is 0 Å². The zero-order valence-corrected chi connectivity index (χ0v) is 13.2. The second-order valence-corrected chi connectivity index (χ2v) is 5.51. The molecule has 0 bridgehead atoms. The number of H-pyrrole nitrogens is 1. The van der Waals surface area contributed by atoms with Crippen molar-refractivity contribution in [2.45, 2.75) is 6.92 Å². The van der Waals surface area contributed by atoms with Gasteiger partial charge in [-0.3, -0.25) is 9.36 Å². The third kappa shape index (κ3) is 3.02. The van der Waals surface area contributed by atoms with E-state index in [1.165, 1.54) is 0 Å². The minimum absolute atomic E-state index is 0.0266. The molecule has 1 aromatic heterocycles. The lowest BCUT2D eigenvalue weighted by Gasteiger charge is -2.10. The molecule has 3 rings (SSSR count). The van der Waals surface area contributed by atoms with E-state index in [0.29, 0.717) is 16.2 Å². The molecule has 1 heterocycles. The molecule has 3 aromatic rings. The number of aromatic hydroxyl groups is 1. The topological polar surface area (TPSA) is 70.0 Å². The molecule has 0 radical (unpaired) electrons. The number of aryl methyl sites for hydroxylation is 1. The lowest BCUT2D eigenvalue weighted by atomic mass is 10.2. The van der Waals surface area contributed by atoms with Gasteiger partial charge in [0.05, 0.1) is 5.69 Å². The van der Waals surface area contributed by atoms with E-state index in [0.717, 1.165) is 11.3 Å². The number of hydrogen-bond donors (Lipinski definition) is 3. The molecule has 0 fully saturated rings. The molecular formula is C17H15N3O2S. The van der Waals surface area contributed by atoms with Crippen LogP contribution in [0.4, 0.5) is 5.69 Å². The van der Waals surface area contributed by atoms with E-state index < -0.39 is 0 Å². The maximum atomic E-state index is 12.5. The van der Waals surface area contributed by atoms with E-state index >= 15 is 0 Å². The molecule has 2 aromatic carbocycles. The average molecular weight is 325 g/mol. The van der Waals surface area contributed by atoms with Crippen molar-refractivity contribution >= 4 is 23.8 Å². The molecular weight excluding hydrogens is 310 g/mol. The first-order valence-electron chi connectivity index (χ1n) is 7.03. The fraction of sp³-hybridized carbons (Fsp3) is 0.0588. The van der Waals surface area contributed by atoms with Crippen LogP contribution in [0, 0.1) is 11.7 Å². The van der Waals surface area contributed by atoms with Crippen molar-refractivity contribution in [1.29, 1.82) is 0 Å². The summed E-state index contributed by atoms with van der Waals surface area (Å²) < 4.78 is 2.07. The minimum Gasteiger partial charge on any atom is -0.506 e. The Hall–Kier alpha value is -2.86. The Morgan fingerprint density at radius 2 is 1.96 bits per heavy atom. The van der Waals surface area contributed by atoms with Gasteiger partial charge in [-0.2, -0.15) is 0 Å². The predicted molar refractivity (Wildman–Crippen MR) is 91.8 cm³/mol. The quantitative estimate of drug-likeness (QED) is 0.507. The lowest BCUT2D eigenvalue weighted by molar-refractivity contribution is 0.102. The van der Waals surface area contributed by atoms with Crippen molar-refractivity contribution in [3.8, 4) is 11.4 Å². The van der Waals surface area contributed by atoms with Gasteiger partial charge in [-0.1, -0.05) is 24.3 Å². The molecule has 0 aliphatic carbocycles. The van der Waals surface area contributed by atoms with Gasteiger partial charge in [0, 0.05) is 11.9 Å². The summed E-state index contributed by atoms with van der Waals surface area (Å²) in [6.07, 6.45) is 1.55. The molecule has 23 heavy (non-hydrogen) atoms. The minimum atomic E-state index is -0.361. The molecule has 3 N–H and O–H groups in total. The maximum absolute atomic E-state index is 12.5. The number of hydrogen-bond acceptors (Lipinski definition) is 3. The zero-order chi connectivity index (χ0) is 16.4. The first-order valence-corrected chi connectivity index (χ1v) is 7.44. The number of imidazole rings is 1. The normalized spacial score (nSPS) is 10.5. The van der Waals surface area contributed by atoms with Crippen molar-refractivity contribution in [3.05, 3.63) is 70.8 Å². The van der Waals surface area contributed by atoms with Crippen LogP contribution in [0.5, 0.6) is 5.75 Å². The highest BCUT2D eigenvalue weighted by Crippen LogP contribution is 2.24. The number of para-hydroxylation sites is 1. The van der Waals surface area contributed by atoms with Crippen molar-refractivity contribution < 1.29 is 9.90 Å². The average Bonchev–Trinajstić information content (AvgIpc) is 2.92. The molecule has 0 unspecified atom stereocenters. The second kappa shape index (κ2) is 6.10. The highest BCUT2D eigenvalue weighted by Gasteiger charge is 2.15. The standard InChI is InChI=1S/C17H15N3O2S/c1-11-7-8-13(15(21)9-11)19-16(22)14-10-18-17(23)20(14)12-5-3-2-4-6-12/h2-10,21H,1H3,(H,18,23)(H,19,22). The Kier molecular flexibility index (Phi) is 3.99. The van der Waals surface area contributed by atoms with Gasteiger partial charge in [0.15, 0.2) is 4.77 Å². The summed E-state index contributed by atoms with van der Waals surface area (Å²) in [7, 11) is 0. The maximum Gasteiger partial charge on any atom is 0.274 e. The van der Waals surface area contributed by atoms with Gasteiger partial charge in [0.1, 0.15) is 11.4 Å². The van der Waals surface area contributed by atoms with Crippen LogP contribution in [0.15, 0.2) is 54.7 Å². The number of nitrogens with zero attached hydrogens (tertiary/aromatic N) is 1. The lowest BCUT2D eigenvalue weighted by Crippen LogP contribution is -2.16. The van der Waals surface area contributed by atoms with E-state index in [1.54, 1.807) is 22.9 Å². The van der Waals surface area contributed by atoms with Crippen LogP contribution < -0.4 is 5.32 Å². The first kappa shape index (κ1) is 15.1. The van der Waals surface area contributed by atoms with Crippen LogP contribution in [0.25, 0.3) is 5.69 Å². The summed E-state index contributed by atoms with van der Waals surface area (Å²) in [4.78, 5) is 15.4. The molecule has 116 valence electrons. The number of carbonyl (C=O) groups excluding carboxylic acids is 1. The Labute approximate surface area is 138 Å². The van der Waals surface area contributed by atoms with Crippen LogP contribution in [-0.4, -0.2) is 20.6 Å². The Bertz CT molecular complexity index is 913. The number of anilines is 1. The number of amides is 1. The van der Waals surface area contributed by atoms with E-state index in [1.807, 2.05) is 43.3 Å². The number of nitrogens with one attached hydrogen (secondary N) is 2. The molecule has 0 spiro atoms. The van der Waals surface area contributed by atoms with Gasteiger partial charge >= 0.3 is 0 Å². The molecule has 5 nitrogen and oxygen atoms in total. The number of aromatic nitrogens is 2. The first-order chi connectivity index (χ1) is 11.1. The molecule has 1 amide bonds. The van der Waals surface area contributed by atoms with Gasteiger partial charge in [-0.25, -0.2) is 0 Å². The monoisotopic (exact) mass is 325 g/mol. The van der Waals surface area contributed by atoms with Crippen molar-refractivity contribution in [2.75, 3.05) is 5.32 Å². The van der Waals surface area contributed by atoms with Crippen molar-refractivity contribution in [3.63, 3.8) is 0 Å². The Morgan fingerprint density at radius 1 is 1.22 bits per heavy atom. The Morgan fingerprint density at radius 3 is 2.65 bits per heavy atom. The molecule has 0 saturated carbocycles. The fourth-order valence-electron chi connectivity index (χ4n) is 2.30. The summed E-state index contributed by atoms with van der Waals surface area (Å²) in [5.74, 6) is -0.334. The molecule has 0 aliphatic rings. The smallest absolute Gasteiger partial charge is 0.274 e. The largest absolute Gasteiger partial charge is 0.506 e. The number of aromatic amines is 1. The summed E-state index contributed by atoms with van der Waals surface area (Å²) >= 11 is 5.26. The van der Waals surface area contributed by atoms with E-state index in [2.05, 4.69) is 10.3 Å². The summed E-state index contributed by atoms with van der Waals surface area (Å²) in [5, 5.41) is 12.6. The highest BCUT2D eigenvalue weighted by atomic mass is 32.1. The number of carbonyl (C=O) groups is 1. The predicted octanol–water partition coefficient (Wildman–Crippen LogP) is 3.80. The third-order valence-corrected chi connectivity index (χ3v) is 3.73. The van der Waals surface area contributed by atoms with E-state index in [9.17, 15) is 9.90 Å². The molecule has 0 atom stereocenters. The zero-order valence-electron chi connectivity index (χ0n) is 12.4. The number of rotatable bonds is 3. The Balaban J connectivity index is 1.97. The van der Waals surface area contributed by atoms with Gasteiger partial charge in [-0.05, 0) is 49.0 Å². The van der Waals surface area contributed by atoms with E-state index in [-0.39, 0.29) is 11.7 Å². The van der Waals surface area contributed by atoms with Crippen LogP contribution in [0.2, 0.25) is 0 Å². The highest BCUT2D eigenvalue weighted by molar-refractivity contribution is 7.71. The van der Waals surface area contributed by atoms with E-state index in [4.69, 9.17) is 12.2 Å². The molecule has 0 aliphatic heterocycles. The van der Waals surface area contributed by atoms with Crippen LogP contribution in [0.3, 0.4) is 0 Å². The number of phenolic OH excluding ortho intramolecular Hbond substituents is 1. The number of benzene rings is 2. The molecule has 6 heteroatoms. The van der Waals surface area contributed by atoms with Gasteiger partial charge in [-0.15, -0.1) is 0 Å². The van der Waals surface area contributed by atoms with Crippen LogP contribution >= 0.6 is 12.2 Å². The summed E-state index contributed by atoms with van der Waals surface area (Å²) in [5.41, 5.74) is 2.42. The van der Waals surface area contributed by atoms with Gasteiger partial charge in [0.2, 0.25) is 0 Å². The molecule has 0 saturated heterocycles. The summed E-state index contributed by atoms with van der Waals surface area (Å²) in [6, 6.07) is 14.4. The summed E-state index contributed by atoms with van der Waals surface area (Å²) in [6.45, 7) is 1.87. The third-order valence-electron chi connectivity index (χ3n) is 3.42. The SMILES string of the molecule is Cc1ccc(NC(=O)c2c[nH]c(=S)n2-c2ccccc2)c(O)c1. The van der Waals surface area contributed by atoms with Crippen LogP contribution in [-0.2, 0) is 0 Å². The van der Waals surface area contributed by atoms with Crippen LogP contribution in [0.1, 0.15) is 16.1 Å². The fourth-order valence-corrected chi connectivity index (χ4v) is 2.57. The number of phenols is 1.